The molecule has 1 aromatic rings. The van der Waals surface area contributed by atoms with Gasteiger partial charge in [-0.1, -0.05) is 0 Å². The van der Waals surface area contributed by atoms with Crippen molar-refractivity contribution in [3.8, 4) is 0 Å². The van der Waals surface area contributed by atoms with Gasteiger partial charge < -0.3 is 5.43 Å². The normalized spacial score (nSPS) is 19.3. The van der Waals surface area contributed by atoms with Crippen LogP contribution in [0, 0.1) is 5.92 Å². The quantitative estimate of drug-likeness (QED) is 0.597. The number of aromatic nitrogens is 2. The number of hydrogen-bond acceptors (Lipinski definition) is 4. The molecule has 1 heterocycles. The minimum absolute atomic E-state index is 0.826. The Kier molecular flexibility index (Phi) is 2.52. The van der Waals surface area contributed by atoms with Gasteiger partial charge in [0.15, 0.2) is 0 Å². The fourth-order valence-corrected chi connectivity index (χ4v) is 2.44. The van der Waals surface area contributed by atoms with Gasteiger partial charge in [-0.2, -0.15) is 0 Å². The van der Waals surface area contributed by atoms with Crippen LogP contribution in [0.4, 0.5) is 5.82 Å². The first-order valence-corrected chi connectivity index (χ1v) is 6.22. The molecule has 0 atom stereocenters. The molecule has 0 radical (unpaired) electrons. The zero-order valence-electron chi connectivity index (χ0n) is 9.50. The first-order chi connectivity index (χ1) is 7.86. The first kappa shape index (κ1) is 10.0. The molecule has 2 aliphatic carbocycles. The lowest BCUT2D eigenvalue weighted by Crippen LogP contribution is -2.18. The number of hydrazine groups is 1. The number of nitrogen functional groups attached to an aromatic ring is 1. The van der Waals surface area contributed by atoms with Crippen molar-refractivity contribution in [1.29, 1.82) is 0 Å². The van der Waals surface area contributed by atoms with Gasteiger partial charge in [-0.25, -0.2) is 15.8 Å². The van der Waals surface area contributed by atoms with E-state index in [0.29, 0.717) is 0 Å². The average Bonchev–Trinajstić information content (AvgIpc) is 3.12. The van der Waals surface area contributed by atoms with Crippen LogP contribution in [-0.4, -0.2) is 9.97 Å². The molecule has 1 saturated carbocycles. The van der Waals surface area contributed by atoms with Crippen molar-refractivity contribution in [2.24, 2.45) is 11.8 Å². The number of hydrogen-bond donors (Lipinski definition) is 2. The Bertz CT molecular complexity index is 381. The van der Waals surface area contributed by atoms with Crippen LogP contribution in [0.15, 0.2) is 0 Å². The highest BCUT2D eigenvalue weighted by atomic mass is 15.3. The van der Waals surface area contributed by atoms with Crippen LogP contribution in [-0.2, 0) is 19.3 Å². The lowest BCUT2D eigenvalue weighted by Gasteiger charge is -2.18. The summed E-state index contributed by atoms with van der Waals surface area (Å²) in [6.45, 7) is 0. The number of aryl methyl sites for hydroxylation is 1. The van der Waals surface area contributed by atoms with E-state index in [0.717, 1.165) is 36.8 Å². The zero-order chi connectivity index (χ0) is 11.0. The number of fused-ring (bicyclic) bond motifs is 1. The third-order valence-electron chi connectivity index (χ3n) is 3.53. The Hall–Kier alpha value is -1.16. The maximum Gasteiger partial charge on any atom is 0.147 e. The third kappa shape index (κ3) is 1.89. The summed E-state index contributed by atoms with van der Waals surface area (Å²) in [5.74, 6) is 8.22. The van der Waals surface area contributed by atoms with Gasteiger partial charge in [0.1, 0.15) is 11.6 Å². The first-order valence-electron chi connectivity index (χ1n) is 6.22. The SMILES string of the molecule is NNc1nc(CC2CC2)nc2c1CCCC2. The smallest absolute Gasteiger partial charge is 0.147 e. The highest BCUT2D eigenvalue weighted by Crippen LogP contribution is 2.33. The molecule has 4 nitrogen and oxygen atoms in total. The molecule has 0 unspecified atom stereocenters. The second-order valence-electron chi connectivity index (χ2n) is 4.91. The minimum atomic E-state index is 0.826. The van der Waals surface area contributed by atoms with Gasteiger partial charge >= 0.3 is 0 Å². The molecular formula is C12H18N4. The molecule has 0 aliphatic heterocycles. The van der Waals surface area contributed by atoms with E-state index in [9.17, 15) is 0 Å². The number of nitrogens with one attached hydrogen (secondary N) is 1. The summed E-state index contributed by atoms with van der Waals surface area (Å²) < 4.78 is 0. The Morgan fingerprint density at radius 2 is 2.00 bits per heavy atom. The van der Waals surface area contributed by atoms with Crippen molar-refractivity contribution in [1.82, 2.24) is 9.97 Å². The van der Waals surface area contributed by atoms with Gasteiger partial charge in [0, 0.05) is 17.7 Å². The number of nitrogens with zero attached hydrogens (tertiary/aromatic N) is 2. The van der Waals surface area contributed by atoms with E-state index >= 15 is 0 Å². The lowest BCUT2D eigenvalue weighted by atomic mass is 9.96. The number of nitrogens with two attached hydrogens (primary N) is 1. The molecule has 0 amide bonds. The largest absolute Gasteiger partial charge is 0.308 e. The van der Waals surface area contributed by atoms with Gasteiger partial charge in [-0.15, -0.1) is 0 Å². The van der Waals surface area contributed by atoms with Crippen molar-refractivity contribution in [2.75, 3.05) is 5.43 Å². The Morgan fingerprint density at radius 1 is 1.19 bits per heavy atom. The Morgan fingerprint density at radius 3 is 2.75 bits per heavy atom. The van der Waals surface area contributed by atoms with Crippen LogP contribution in [0.2, 0.25) is 0 Å². The number of rotatable bonds is 3. The van der Waals surface area contributed by atoms with Crippen LogP contribution in [0.25, 0.3) is 0 Å². The summed E-state index contributed by atoms with van der Waals surface area (Å²) in [4.78, 5) is 9.23. The topological polar surface area (TPSA) is 63.8 Å². The van der Waals surface area contributed by atoms with Crippen LogP contribution < -0.4 is 11.3 Å². The van der Waals surface area contributed by atoms with Gasteiger partial charge in [0.25, 0.3) is 0 Å². The summed E-state index contributed by atoms with van der Waals surface area (Å²) in [5.41, 5.74) is 5.21. The summed E-state index contributed by atoms with van der Waals surface area (Å²) in [6, 6.07) is 0. The molecule has 2 aliphatic rings. The fourth-order valence-electron chi connectivity index (χ4n) is 2.44. The molecule has 0 spiro atoms. The van der Waals surface area contributed by atoms with Crippen molar-refractivity contribution in [2.45, 2.75) is 44.9 Å². The van der Waals surface area contributed by atoms with Gasteiger partial charge in [0.2, 0.25) is 0 Å². The van der Waals surface area contributed by atoms with E-state index in [1.807, 2.05) is 0 Å². The summed E-state index contributed by atoms with van der Waals surface area (Å²) in [5, 5.41) is 0. The van der Waals surface area contributed by atoms with E-state index < -0.39 is 0 Å². The molecule has 1 fully saturated rings. The van der Waals surface area contributed by atoms with E-state index in [4.69, 9.17) is 10.8 Å². The average molecular weight is 218 g/mol. The molecule has 0 aromatic carbocycles. The summed E-state index contributed by atoms with van der Waals surface area (Å²) >= 11 is 0. The molecule has 4 heteroatoms. The summed E-state index contributed by atoms with van der Waals surface area (Å²) in [7, 11) is 0. The van der Waals surface area contributed by atoms with Crippen LogP contribution in [0.1, 0.15) is 42.8 Å². The monoisotopic (exact) mass is 218 g/mol. The van der Waals surface area contributed by atoms with Gasteiger partial charge in [-0.05, 0) is 44.4 Å². The standard InChI is InChI=1S/C12H18N4/c13-16-12-9-3-1-2-4-10(9)14-11(15-12)7-8-5-6-8/h8H,1-7,13H2,(H,14,15,16). The maximum atomic E-state index is 5.55. The molecule has 0 bridgehead atoms. The van der Waals surface area contributed by atoms with E-state index in [-0.39, 0.29) is 0 Å². The van der Waals surface area contributed by atoms with E-state index in [1.165, 1.54) is 36.9 Å². The van der Waals surface area contributed by atoms with Gasteiger partial charge in [-0.3, -0.25) is 0 Å². The Balaban J connectivity index is 1.94. The zero-order valence-corrected chi connectivity index (χ0v) is 9.50. The van der Waals surface area contributed by atoms with Crippen LogP contribution in [0.5, 0.6) is 0 Å². The van der Waals surface area contributed by atoms with E-state index in [1.54, 1.807) is 0 Å². The second kappa shape index (κ2) is 4.01. The molecule has 86 valence electrons. The maximum absolute atomic E-state index is 5.55. The predicted octanol–water partition coefficient (Wildman–Crippen LogP) is 1.59. The molecular weight excluding hydrogens is 200 g/mol. The van der Waals surface area contributed by atoms with Crippen molar-refractivity contribution in [3.63, 3.8) is 0 Å². The highest BCUT2D eigenvalue weighted by molar-refractivity contribution is 5.46. The van der Waals surface area contributed by atoms with Gasteiger partial charge in [0.05, 0.1) is 0 Å². The van der Waals surface area contributed by atoms with Crippen molar-refractivity contribution < 1.29 is 0 Å². The molecule has 3 rings (SSSR count). The predicted molar refractivity (Wildman–Crippen MR) is 62.9 cm³/mol. The van der Waals surface area contributed by atoms with Crippen LogP contribution >= 0.6 is 0 Å². The van der Waals surface area contributed by atoms with Crippen molar-refractivity contribution in [3.05, 3.63) is 17.1 Å². The summed E-state index contributed by atoms with van der Waals surface area (Å²) in [6.07, 6.45) is 8.34. The molecule has 1 aromatic heterocycles. The fraction of sp³-hybridized carbons (Fsp3) is 0.667. The highest BCUT2D eigenvalue weighted by Gasteiger charge is 2.24. The minimum Gasteiger partial charge on any atom is -0.308 e. The molecule has 16 heavy (non-hydrogen) atoms. The lowest BCUT2D eigenvalue weighted by molar-refractivity contribution is 0.648. The molecule has 0 saturated heterocycles. The molecule has 3 N–H and O–H groups in total. The number of anilines is 1. The van der Waals surface area contributed by atoms with Crippen LogP contribution in [0.3, 0.4) is 0 Å². The second-order valence-corrected chi connectivity index (χ2v) is 4.91. The van der Waals surface area contributed by atoms with Crippen molar-refractivity contribution >= 4 is 5.82 Å². The third-order valence-corrected chi connectivity index (χ3v) is 3.53. The van der Waals surface area contributed by atoms with E-state index in [2.05, 4.69) is 10.4 Å². The Labute approximate surface area is 95.6 Å².